The fourth-order valence-electron chi connectivity index (χ4n) is 4.56. The van der Waals surface area contributed by atoms with E-state index in [2.05, 4.69) is 16.4 Å². The number of thiocarbonyl (C=S) groups is 1. The van der Waals surface area contributed by atoms with Crippen LogP contribution < -0.4 is 5.32 Å². The molecule has 2 N–H and O–H groups in total. The smallest absolute Gasteiger partial charge is 0.335 e. The molecule has 3 heterocycles. The molecule has 1 aromatic carbocycles. The predicted octanol–water partition coefficient (Wildman–Crippen LogP) is 3.72. The van der Waals surface area contributed by atoms with Crippen LogP contribution in [0.2, 0.25) is 0 Å². The number of methoxy groups -OCH3 is 1. The average Bonchev–Trinajstić information content (AvgIpc) is 3.32. The molecule has 0 radical (unpaired) electrons. The van der Waals surface area contributed by atoms with Gasteiger partial charge >= 0.3 is 11.9 Å². The minimum atomic E-state index is -0.973. The lowest BCUT2D eigenvalue weighted by atomic mass is 9.96. The highest BCUT2D eigenvalue weighted by Crippen LogP contribution is 2.41. The van der Waals surface area contributed by atoms with Gasteiger partial charge in [0.15, 0.2) is 5.11 Å². The molecule has 1 saturated heterocycles. The maximum absolute atomic E-state index is 11.9. The Labute approximate surface area is 203 Å². The van der Waals surface area contributed by atoms with Crippen LogP contribution in [0.25, 0.3) is 5.69 Å². The molecule has 34 heavy (non-hydrogen) atoms. The van der Waals surface area contributed by atoms with Gasteiger partial charge in [-0.3, -0.25) is 9.78 Å². The zero-order valence-corrected chi connectivity index (χ0v) is 20.0. The Morgan fingerprint density at radius 2 is 1.97 bits per heavy atom. The van der Waals surface area contributed by atoms with Crippen molar-refractivity contribution in [3.63, 3.8) is 0 Å². The maximum Gasteiger partial charge on any atom is 0.335 e. The van der Waals surface area contributed by atoms with Gasteiger partial charge in [0.1, 0.15) is 0 Å². The van der Waals surface area contributed by atoms with Crippen molar-refractivity contribution >= 4 is 29.3 Å². The summed E-state index contributed by atoms with van der Waals surface area (Å²) in [7, 11) is 1.37. The van der Waals surface area contributed by atoms with Crippen LogP contribution in [0.3, 0.4) is 0 Å². The Bertz CT molecular complexity index is 1240. The van der Waals surface area contributed by atoms with E-state index in [1.54, 1.807) is 24.4 Å². The number of carboxylic acid groups (broad SMARTS) is 1. The molecule has 1 aliphatic rings. The number of nitrogens with zero attached hydrogens (tertiary/aromatic N) is 3. The number of aryl methyl sites for hydroxylation is 1. The number of benzene rings is 1. The standard InChI is InChI=1S/C25H26N4O4S/c1-15-13-19(16(2)29(15)18-8-6-7-17(14-18)24(31)32)23-22(20-9-4-5-11-26-20)27-25(34)28(23)12-10-21(30)33-3/h4-9,11,13-14,22-23H,10,12H2,1-3H3,(H,27,34)(H,31,32). The molecule has 4 rings (SSSR count). The molecule has 2 unspecified atom stereocenters. The summed E-state index contributed by atoms with van der Waals surface area (Å²) in [6.07, 6.45) is 1.94. The fourth-order valence-corrected chi connectivity index (χ4v) is 4.89. The molecule has 0 aliphatic carbocycles. The van der Waals surface area contributed by atoms with Gasteiger partial charge in [-0.2, -0.15) is 0 Å². The second-order valence-corrected chi connectivity index (χ2v) is 8.55. The highest BCUT2D eigenvalue weighted by Gasteiger charge is 2.41. The Morgan fingerprint density at radius 3 is 2.65 bits per heavy atom. The summed E-state index contributed by atoms with van der Waals surface area (Å²) in [4.78, 5) is 30.0. The zero-order chi connectivity index (χ0) is 24.4. The van der Waals surface area contributed by atoms with Crippen LogP contribution in [0.4, 0.5) is 0 Å². The average molecular weight is 479 g/mol. The van der Waals surface area contributed by atoms with Crippen molar-refractivity contribution in [2.45, 2.75) is 32.4 Å². The lowest BCUT2D eigenvalue weighted by Gasteiger charge is -2.28. The Kier molecular flexibility index (Phi) is 6.65. The number of carbonyl (C=O) groups is 2. The van der Waals surface area contributed by atoms with Crippen molar-refractivity contribution in [3.05, 3.63) is 82.9 Å². The summed E-state index contributed by atoms with van der Waals surface area (Å²) >= 11 is 5.67. The number of aromatic carboxylic acids is 1. The molecule has 8 nitrogen and oxygen atoms in total. The van der Waals surface area contributed by atoms with Crippen LogP contribution in [0.1, 0.15) is 51.5 Å². The van der Waals surface area contributed by atoms with Crippen molar-refractivity contribution in [2.24, 2.45) is 0 Å². The van der Waals surface area contributed by atoms with E-state index < -0.39 is 5.97 Å². The summed E-state index contributed by atoms with van der Waals surface area (Å²) in [6, 6.07) is 14.3. The minimum absolute atomic E-state index is 0.198. The van der Waals surface area contributed by atoms with Crippen LogP contribution in [-0.2, 0) is 9.53 Å². The normalized spacial score (nSPS) is 17.5. The minimum Gasteiger partial charge on any atom is -0.478 e. The summed E-state index contributed by atoms with van der Waals surface area (Å²) < 4.78 is 6.88. The van der Waals surface area contributed by atoms with Gasteiger partial charge in [-0.1, -0.05) is 12.1 Å². The molecule has 2 atom stereocenters. The monoisotopic (exact) mass is 478 g/mol. The Hall–Kier alpha value is -3.72. The highest BCUT2D eigenvalue weighted by molar-refractivity contribution is 7.80. The van der Waals surface area contributed by atoms with Gasteiger partial charge in [-0.25, -0.2) is 4.79 Å². The molecule has 0 spiro atoms. The van der Waals surface area contributed by atoms with Crippen LogP contribution in [0.15, 0.2) is 54.7 Å². The van der Waals surface area contributed by atoms with E-state index in [-0.39, 0.29) is 30.0 Å². The summed E-state index contributed by atoms with van der Waals surface area (Å²) in [5.74, 6) is -1.28. The van der Waals surface area contributed by atoms with Crippen LogP contribution in [-0.4, -0.2) is 50.3 Å². The predicted molar refractivity (Wildman–Crippen MR) is 131 cm³/mol. The number of esters is 1. The molecule has 9 heteroatoms. The van der Waals surface area contributed by atoms with Gasteiger partial charge in [-0.15, -0.1) is 0 Å². The molecule has 0 bridgehead atoms. The first-order chi connectivity index (χ1) is 16.3. The van der Waals surface area contributed by atoms with Crippen molar-refractivity contribution in [3.8, 4) is 5.69 Å². The van der Waals surface area contributed by atoms with Gasteiger partial charge in [0.2, 0.25) is 0 Å². The summed E-state index contributed by atoms with van der Waals surface area (Å²) in [5, 5.41) is 13.4. The Morgan fingerprint density at radius 1 is 1.18 bits per heavy atom. The van der Waals surface area contributed by atoms with E-state index in [4.69, 9.17) is 17.0 Å². The lowest BCUT2D eigenvalue weighted by Crippen LogP contribution is -2.32. The first-order valence-electron chi connectivity index (χ1n) is 10.9. The Balaban J connectivity index is 1.80. The van der Waals surface area contributed by atoms with E-state index in [1.165, 1.54) is 7.11 Å². The van der Waals surface area contributed by atoms with Gasteiger partial charge < -0.3 is 24.6 Å². The zero-order valence-electron chi connectivity index (χ0n) is 19.2. The van der Waals surface area contributed by atoms with Gasteiger partial charge in [0, 0.05) is 29.8 Å². The molecular weight excluding hydrogens is 452 g/mol. The van der Waals surface area contributed by atoms with E-state index in [9.17, 15) is 14.7 Å². The number of carbonyl (C=O) groups excluding carboxylic acids is 1. The van der Waals surface area contributed by atoms with Crippen molar-refractivity contribution in [2.75, 3.05) is 13.7 Å². The second kappa shape index (κ2) is 9.64. The molecule has 0 saturated carbocycles. The van der Waals surface area contributed by atoms with Crippen molar-refractivity contribution in [1.29, 1.82) is 0 Å². The van der Waals surface area contributed by atoms with Gasteiger partial charge in [0.05, 0.1) is 36.9 Å². The first-order valence-corrected chi connectivity index (χ1v) is 11.3. The first kappa shape index (κ1) is 23.4. The maximum atomic E-state index is 11.9. The molecule has 2 aromatic heterocycles. The lowest BCUT2D eigenvalue weighted by molar-refractivity contribution is -0.140. The number of hydrogen-bond donors (Lipinski definition) is 2. The van der Waals surface area contributed by atoms with Crippen LogP contribution in [0.5, 0.6) is 0 Å². The van der Waals surface area contributed by atoms with E-state index in [0.717, 1.165) is 28.3 Å². The molecule has 1 fully saturated rings. The largest absolute Gasteiger partial charge is 0.478 e. The molecule has 0 amide bonds. The van der Waals surface area contributed by atoms with Crippen LogP contribution in [0, 0.1) is 13.8 Å². The van der Waals surface area contributed by atoms with E-state index >= 15 is 0 Å². The molecule has 1 aliphatic heterocycles. The SMILES string of the molecule is COC(=O)CCN1C(=S)NC(c2ccccn2)C1c1cc(C)n(-c2cccc(C(=O)O)c2)c1C. The van der Waals surface area contributed by atoms with E-state index in [0.29, 0.717) is 11.7 Å². The van der Waals surface area contributed by atoms with Crippen LogP contribution >= 0.6 is 12.2 Å². The number of pyridine rings is 1. The third-order valence-electron chi connectivity index (χ3n) is 6.12. The van der Waals surface area contributed by atoms with Crippen molar-refractivity contribution in [1.82, 2.24) is 19.8 Å². The molecule has 176 valence electrons. The topological polar surface area (TPSA) is 96.7 Å². The number of ether oxygens (including phenoxy) is 1. The third kappa shape index (κ3) is 4.38. The fraction of sp³-hybridized carbons (Fsp3) is 0.280. The number of hydrogen-bond acceptors (Lipinski definition) is 5. The van der Waals surface area contributed by atoms with E-state index in [1.807, 2.05) is 47.6 Å². The van der Waals surface area contributed by atoms with Gasteiger partial charge in [0.25, 0.3) is 0 Å². The number of aromatic nitrogens is 2. The summed E-state index contributed by atoms with van der Waals surface area (Å²) in [6.45, 7) is 4.38. The third-order valence-corrected chi connectivity index (χ3v) is 6.47. The second-order valence-electron chi connectivity index (χ2n) is 8.16. The quantitative estimate of drug-likeness (QED) is 0.392. The number of carboxylic acids is 1. The highest BCUT2D eigenvalue weighted by atomic mass is 32.1. The van der Waals surface area contributed by atoms with Gasteiger partial charge in [-0.05, 0) is 68.0 Å². The molecular formula is C25H26N4O4S. The van der Waals surface area contributed by atoms with Crippen molar-refractivity contribution < 1.29 is 19.4 Å². The number of rotatable bonds is 7. The summed E-state index contributed by atoms with van der Waals surface area (Å²) in [5.41, 5.74) is 4.77. The molecule has 3 aromatic rings. The number of nitrogens with one attached hydrogen (secondary N) is 1.